The van der Waals surface area contributed by atoms with Gasteiger partial charge in [-0.3, -0.25) is 5.32 Å². The summed E-state index contributed by atoms with van der Waals surface area (Å²) in [6.45, 7) is 3.54. The van der Waals surface area contributed by atoms with Gasteiger partial charge in [0.1, 0.15) is 16.1 Å². The van der Waals surface area contributed by atoms with E-state index in [1.807, 2.05) is 18.9 Å². The molecular formula is C19H22Cl2N4O3S. The first kappa shape index (κ1) is 23.3. The van der Waals surface area contributed by atoms with Crippen LogP contribution in [0.15, 0.2) is 18.2 Å². The van der Waals surface area contributed by atoms with Gasteiger partial charge in [0.05, 0.1) is 23.8 Å². The lowest BCUT2D eigenvalue weighted by Crippen LogP contribution is -2.30. The van der Waals surface area contributed by atoms with E-state index in [0.29, 0.717) is 56.5 Å². The van der Waals surface area contributed by atoms with Crippen molar-refractivity contribution < 1.29 is 14.6 Å². The maximum atomic E-state index is 12.2. The SMILES string of the molecule is CCOCCN(C)c1sc(NC(=O)NCCO)c(-c2ccc(Cl)cc2Cl)c1C#N. The minimum Gasteiger partial charge on any atom is -0.395 e. The molecule has 1 heterocycles. The number of thiophene rings is 1. The number of amides is 2. The molecular weight excluding hydrogens is 435 g/mol. The molecule has 1 aromatic heterocycles. The number of urea groups is 1. The van der Waals surface area contributed by atoms with Gasteiger partial charge in [-0.1, -0.05) is 40.6 Å². The zero-order valence-corrected chi connectivity index (χ0v) is 18.4. The molecule has 3 N–H and O–H groups in total. The third kappa shape index (κ3) is 5.98. The van der Waals surface area contributed by atoms with E-state index in [9.17, 15) is 10.1 Å². The molecule has 0 aliphatic heterocycles. The number of anilines is 2. The molecule has 2 aromatic rings. The van der Waals surface area contributed by atoms with Crippen molar-refractivity contribution in [3.05, 3.63) is 33.8 Å². The summed E-state index contributed by atoms with van der Waals surface area (Å²) in [6.07, 6.45) is 0. The third-order valence-corrected chi connectivity index (χ3v) is 5.72. The lowest BCUT2D eigenvalue weighted by Gasteiger charge is -2.17. The monoisotopic (exact) mass is 456 g/mol. The van der Waals surface area contributed by atoms with Crippen LogP contribution < -0.4 is 15.5 Å². The van der Waals surface area contributed by atoms with Crippen LogP contribution in [-0.2, 0) is 4.74 Å². The number of carbonyl (C=O) groups excluding carboxylic acids is 1. The Bertz CT molecular complexity index is 898. The molecule has 0 saturated carbocycles. The van der Waals surface area contributed by atoms with Crippen LogP contribution in [0.4, 0.5) is 14.8 Å². The smallest absolute Gasteiger partial charge is 0.319 e. The summed E-state index contributed by atoms with van der Waals surface area (Å²) in [5.74, 6) is 0. The highest BCUT2D eigenvalue weighted by Gasteiger charge is 2.24. The Kier molecular flexibility index (Phi) is 9.01. The summed E-state index contributed by atoms with van der Waals surface area (Å²) in [6, 6.07) is 6.73. The predicted molar refractivity (Wildman–Crippen MR) is 118 cm³/mol. The number of nitrogens with zero attached hydrogens (tertiary/aromatic N) is 2. The zero-order chi connectivity index (χ0) is 21.4. The minimum atomic E-state index is -0.486. The van der Waals surface area contributed by atoms with Gasteiger partial charge in [-0.05, 0) is 19.1 Å². The fourth-order valence-corrected chi connectivity index (χ4v) is 4.24. The third-order valence-electron chi connectivity index (χ3n) is 3.95. The Morgan fingerprint density at radius 1 is 1.41 bits per heavy atom. The van der Waals surface area contributed by atoms with Crippen LogP contribution in [0.5, 0.6) is 0 Å². The number of nitriles is 1. The van der Waals surface area contributed by atoms with E-state index in [1.165, 1.54) is 11.3 Å². The molecule has 7 nitrogen and oxygen atoms in total. The molecule has 0 unspecified atom stereocenters. The molecule has 0 spiro atoms. The van der Waals surface area contributed by atoms with Crippen molar-refractivity contribution in [2.45, 2.75) is 6.92 Å². The van der Waals surface area contributed by atoms with Crippen LogP contribution in [0.1, 0.15) is 12.5 Å². The van der Waals surface area contributed by atoms with Gasteiger partial charge in [-0.2, -0.15) is 5.26 Å². The van der Waals surface area contributed by atoms with Crippen molar-refractivity contribution in [1.29, 1.82) is 5.26 Å². The number of rotatable bonds is 9. The van der Waals surface area contributed by atoms with Crippen LogP contribution in [0.3, 0.4) is 0 Å². The fraction of sp³-hybridized carbons (Fsp3) is 0.368. The summed E-state index contributed by atoms with van der Waals surface area (Å²) < 4.78 is 5.40. The first-order chi connectivity index (χ1) is 13.9. The van der Waals surface area contributed by atoms with Gasteiger partial charge in [0.2, 0.25) is 0 Å². The molecule has 0 atom stereocenters. The van der Waals surface area contributed by atoms with Gasteiger partial charge >= 0.3 is 6.03 Å². The van der Waals surface area contributed by atoms with Gasteiger partial charge in [-0.15, -0.1) is 0 Å². The molecule has 29 heavy (non-hydrogen) atoms. The van der Waals surface area contributed by atoms with Crippen molar-refractivity contribution in [3.8, 4) is 17.2 Å². The molecule has 0 fully saturated rings. The van der Waals surface area contributed by atoms with Gasteiger partial charge < -0.3 is 20.1 Å². The number of likely N-dealkylation sites (N-methyl/N-ethyl adjacent to an activating group) is 1. The van der Waals surface area contributed by atoms with Crippen molar-refractivity contribution in [2.75, 3.05) is 50.2 Å². The van der Waals surface area contributed by atoms with Crippen LogP contribution in [0.25, 0.3) is 11.1 Å². The first-order valence-electron chi connectivity index (χ1n) is 8.89. The average molecular weight is 457 g/mol. The summed E-state index contributed by atoms with van der Waals surface area (Å²) >= 11 is 13.7. The van der Waals surface area contributed by atoms with Crippen LogP contribution in [-0.4, -0.2) is 51.1 Å². The van der Waals surface area contributed by atoms with Gasteiger partial charge in [0.25, 0.3) is 0 Å². The number of hydrogen-bond acceptors (Lipinski definition) is 6. The fourth-order valence-electron chi connectivity index (χ4n) is 2.59. The average Bonchev–Trinajstić information content (AvgIpc) is 3.04. The van der Waals surface area contributed by atoms with E-state index in [2.05, 4.69) is 16.7 Å². The normalized spacial score (nSPS) is 10.5. The minimum absolute atomic E-state index is 0.112. The van der Waals surface area contributed by atoms with Crippen LogP contribution >= 0.6 is 34.5 Å². The molecule has 0 aliphatic carbocycles. The lowest BCUT2D eigenvalue weighted by atomic mass is 10.0. The Morgan fingerprint density at radius 3 is 2.79 bits per heavy atom. The number of aliphatic hydroxyl groups is 1. The number of carbonyl (C=O) groups is 1. The zero-order valence-electron chi connectivity index (χ0n) is 16.1. The van der Waals surface area contributed by atoms with E-state index in [0.717, 1.165) is 0 Å². The summed E-state index contributed by atoms with van der Waals surface area (Å²) in [7, 11) is 1.86. The molecule has 0 bridgehead atoms. The Morgan fingerprint density at radius 2 is 2.17 bits per heavy atom. The molecule has 10 heteroatoms. The van der Waals surface area contributed by atoms with E-state index in [4.69, 9.17) is 33.0 Å². The summed E-state index contributed by atoms with van der Waals surface area (Å²) in [5.41, 5.74) is 1.51. The van der Waals surface area contributed by atoms with E-state index in [1.54, 1.807) is 18.2 Å². The highest BCUT2D eigenvalue weighted by Crippen LogP contribution is 2.47. The highest BCUT2D eigenvalue weighted by atomic mass is 35.5. The van der Waals surface area contributed by atoms with Crippen LogP contribution in [0.2, 0.25) is 10.0 Å². The molecule has 0 aliphatic rings. The van der Waals surface area contributed by atoms with Gasteiger partial charge in [0, 0.05) is 42.9 Å². The van der Waals surface area contributed by atoms with Crippen molar-refractivity contribution in [2.24, 2.45) is 0 Å². The van der Waals surface area contributed by atoms with Gasteiger partial charge in [-0.25, -0.2) is 4.79 Å². The second kappa shape index (κ2) is 11.2. The molecule has 156 valence electrons. The lowest BCUT2D eigenvalue weighted by molar-refractivity contribution is 0.154. The summed E-state index contributed by atoms with van der Waals surface area (Å²) in [4.78, 5) is 14.1. The van der Waals surface area contributed by atoms with Crippen molar-refractivity contribution in [1.82, 2.24) is 5.32 Å². The standard InChI is InChI=1S/C19H22Cl2N4O3S/c1-3-28-9-7-25(2)18-14(11-22)16(13-5-4-12(20)10-15(13)21)17(29-18)24-19(27)23-6-8-26/h4-5,10,26H,3,6-9H2,1-2H3,(H2,23,24,27). The maximum absolute atomic E-state index is 12.2. The predicted octanol–water partition coefficient (Wildman–Crippen LogP) is 4.18. The molecule has 2 amide bonds. The van der Waals surface area contributed by atoms with Crippen molar-refractivity contribution in [3.63, 3.8) is 0 Å². The molecule has 2 rings (SSSR count). The number of hydrogen-bond donors (Lipinski definition) is 3. The topological polar surface area (TPSA) is 97.6 Å². The largest absolute Gasteiger partial charge is 0.395 e. The second-order valence-electron chi connectivity index (χ2n) is 5.95. The highest BCUT2D eigenvalue weighted by molar-refractivity contribution is 7.21. The number of nitrogens with one attached hydrogen (secondary N) is 2. The number of aliphatic hydroxyl groups excluding tert-OH is 1. The van der Waals surface area contributed by atoms with Crippen molar-refractivity contribution >= 4 is 50.6 Å². The molecule has 0 radical (unpaired) electrons. The Balaban J connectivity index is 2.52. The van der Waals surface area contributed by atoms with Gasteiger partial charge in [0.15, 0.2) is 0 Å². The second-order valence-corrected chi connectivity index (χ2v) is 7.79. The van der Waals surface area contributed by atoms with E-state index in [-0.39, 0.29) is 13.2 Å². The number of ether oxygens (including phenoxy) is 1. The summed E-state index contributed by atoms with van der Waals surface area (Å²) in [5, 5.41) is 26.1. The van der Waals surface area contributed by atoms with Crippen LogP contribution in [0, 0.1) is 11.3 Å². The van der Waals surface area contributed by atoms with E-state index < -0.39 is 6.03 Å². The maximum Gasteiger partial charge on any atom is 0.319 e. The van der Waals surface area contributed by atoms with E-state index >= 15 is 0 Å². The molecule has 1 aromatic carbocycles. The Labute approximate surface area is 183 Å². The number of halogens is 2. The Hall–Kier alpha value is -2.02. The first-order valence-corrected chi connectivity index (χ1v) is 10.5. The quantitative estimate of drug-likeness (QED) is 0.491. The number of benzene rings is 1. The molecule has 0 saturated heterocycles.